The fourth-order valence-corrected chi connectivity index (χ4v) is 3.35. The van der Waals surface area contributed by atoms with Crippen LogP contribution in [0.1, 0.15) is 29.6 Å². The Bertz CT molecular complexity index is 473. The number of rotatable bonds is 5. The maximum Gasteiger partial charge on any atom is 0.293 e. The summed E-state index contributed by atoms with van der Waals surface area (Å²) in [4.78, 5) is 21.2. The van der Waals surface area contributed by atoms with Gasteiger partial charge in [-0.3, -0.25) is 14.9 Å². The van der Waals surface area contributed by atoms with E-state index >= 15 is 0 Å². The Labute approximate surface area is 115 Å². The predicted molar refractivity (Wildman–Crippen MR) is 77.1 cm³/mol. The molecular weight excluding hydrogens is 264 g/mol. The van der Waals surface area contributed by atoms with Gasteiger partial charge in [-0.15, -0.1) is 0 Å². The molecule has 1 saturated heterocycles. The van der Waals surface area contributed by atoms with Crippen molar-refractivity contribution in [3.05, 3.63) is 33.9 Å². The Hall–Kier alpha value is -1.56. The van der Waals surface area contributed by atoms with Crippen molar-refractivity contribution >= 4 is 29.4 Å². The summed E-state index contributed by atoms with van der Waals surface area (Å²) in [5.74, 6) is 1.17. The van der Waals surface area contributed by atoms with Gasteiger partial charge in [0.25, 0.3) is 5.69 Å². The van der Waals surface area contributed by atoms with Crippen LogP contribution in [0.5, 0.6) is 0 Å². The molecule has 0 radical (unpaired) electrons. The van der Waals surface area contributed by atoms with Crippen molar-refractivity contribution in [2.24, 2.45) is 0 Å². The minimum atomic E-state index is -0.455. The minimum Gasteiger partial charge on any atom is -0.378 e. The molecule has 6 heteroatoms. The van der Waals surface area contributed by atoms with Crippen LogP contribution in [0, 0.1) is 10.1 Å². The number of nitrogens with one attached hydrogen (secondary N) is 1. The predicted octanol–water partition coefficient (Wildman–Crippen LogP) is 3.10. The standard InChI is InChI=1S/C13H16N2O3S/c16-9-10-4-5-12(13(7-10)15(17)18)14-8-11-3-1-2-6-19-11/h4-5,7,9,11,14H,1-3,6,8H2. The minimum absolute atomic E-state index is 0.0367. The van der Waals surface area contributed by atoms with E-state index in [9.17, 15) is 14.9 Å². The van der Waals surface area contributed by atoms with E-state index in [4.69, 9.17) is 0 Å². The highest BCUT2D eigenvalue weighted by Gasteiger charge is 2.17. The second-order valence-corrected chi connectivity index (χ2v) is 5.93. The van der Waals surface area contributed by atoms with Crippen LogP contribution in [-0.4, -0.2) is 28.8 Å². The molecule has 1 aromatic rings. The number of hydrogen-bond donors (Lipinski definition) is 1. The van der Waals surface area contributed by atoms with Gasteiger partial charge in [0, 0.05) is 23.4 Å². The average molecular weight is 280 g/mol. The summed E-state index contributed by atoms with van der Waals surface area (Å²) in [5, 5.41) is 14.6. The van der Waals surface area contributed by atoms with E-state index in [-0.39, 0.29) is 5.69 Å². The highest BCUT2D eigenvalue weighted by atomic mass is 32.2. The first-order chi connectivity index (χ1) is 9.20. The van der Waals surface area contributed by atoms with Crippen LogP contribution >= 0.6 is 11.8 Å². The number of aldehydes is 1. The Kier molecular flexibility index (Phi) is 4.79. The van der Waals surface area contributed by atoms with Gasteiger partial charge in [0.2, 0.25) is 0 Å². The number of hydrogen-bond acceptors (Lipinski definition) is 5. The smallest absolute Gasteiger partial charge is 0.293 e. The lowest BCUT2D eigenvalue weighted by Crippen LogP contribution is -2.20. The number of nitro groups is 1. The molecule has 0 bridgehead atoms. The Morgan fingerprint density at radius 1 is 1.47 bits per heavy atom. The van der Waals surface area contributed by atoms with Crippen LogP contribution < -0.4 is 5.32 Å². The van der Waals surface area contributed by atoms with E-state index in [0.29, 0.717) is 22.8 Å². The summed E-state index contributed by atoms with van der Waals surface area (Å²) in [6, 6.07) is 4.51. The third kappa shape index (κ3) is 3.70. The summed E-state index contributed by atoms with van der Waals surface area (Å²) >= 11 is 1.92. The number of carbonyl (C=O) groups excluding carboxylic acids is 1. The molecule has 0 saturated carbocycles. The van der Waals surface area contributed by atoms with Gasteiger partial charge < -0.3 is 5.32 Å². The average Bonchev–Trinajstić information content (AvgIpc) is 2.46. The van der Waals surface area contributed by atoms with Crippen LogP contribution in [0.15, 0.2) is 18.2 Å². The maximum absolute atomic E-state index is 11.0. The van der Waals surface area contributed by atoms with E-state index in [1.165, 1.54) is 24.7 Å². The van der Waals surface area contributed by atoms with E-state index in [0.717, 1.165) is 13.0 Å². The van der Waals surface area contributed by atoms with Crippen molar-refractivity contribution in [1.29, 1.82) is 0 Å². The molecule has 1 aromatic carbocycles. The summed E-state index contributed by atoms with van der Waals surface area (Å²) in [6.45, 7) is 0.728. The molecule has 1 aliphatic heterocycles. The van der Waals surface area contributed by atoms with Gasteiger partial charge in [0.1, 0.15) is 12.0 Å². The number of carbonyl (C=O) groups is 1. The largest absolute Gasteiger partial charge is 0.378 e. The van der Waals surface area contributed by atoms with E-state index < -0.39 is 4.92 Å². The molecule has 1 aliphatic rings. The molecule has 1 N–H and O–H groups in total. The molecule has 2 rings (SSSR count). The van der Waals surface area contributed by atoms with Gasteiger partial charge in [0.05, 0.1) is 4.92 Å². The van der Waals surface area contributed by atoms with Crippen LogP contribution in [-0.2, 0) is 0 Å². The van der Waals surface area contributed by atoms with Crippen LogP contribution in [0.4, 0.5) is 11.4 Å². The number of nitrogens with zero attached hydrogens (tertiary/aromatic N) is 1. The van der Waals surface area contributed by atoms with Crippen molar-refractivity contribution < 1.29 is 9.72 Å². The zero-order valence-corrected chi connectivity index (χ0v) is 11.3. The normalized spacial score (nSPS) is 18.8. The van der Waals surface area contributed by atoms with Crippen molar-refractivity contribution in [3.8, 4) is 0 Å². The highest BCUT2D eigenvalue weighted by molar-refractivity contribution is 7.99. The van der Waals surface area contributed by atoms with Crippen molar-refractivity contribution in [2.45, 2.75) is 24.5 Å². The molecule has 102 valence electrons. The zero-order valence-electron chi connectivity index (χ0n) is 10.5. The Morgan fingerprint density at radius 3 is 2.95 bits per heavy atom. The molecule has 1 atom stereocenters. The molecule has 5 nitrogen and oxygen atoms in total. The van der Waals surface area contributed by atoms with Crippen LogP contribution in [0.2, 0.25) is 0 Å². The third-order valence-electron chi connectivity index (χ3n) is 3.15. The van der Waals surface area contributed by atoms with Crippen molar-refractivity contribution in [2.75, 3.05) is 17.6 Å². The third-order valence-corrected chi connectivity index (χ3v) is 4.55. The Morgan fingerprint density at radius 2 is 2.32 bits per heavy atom. The molecular formula is C13H16N2O3S. The Balaban J connectivity index is 2.06. The number of nitro benzene ring substituents is 1. The van der Waals surface area contributed by atoms with Gasteiger partial charge in [-0.25, -0.2) is 0 Å². The highest BCUT2D eigenvalue weighted by Crippen LogP contribution is 2.28. The lowest BCUT2D eigenvalue weighted by molar-refractivity contribution is -0.384. The molecule has 0 amide bonds. The van der Waals surface area contributed by atoms with Crippen LogP contribution in [0.25, 0.3) is 0 Å². The second kappa shape index (κ2) is 6.56. The molecule has 0 aliphatic carbocycles. The van der Waals surface area contributed by atoms with Gasteiger partial charge >= 0.3 is 0 Å². The van der Waals surface area contributed by atoms with Crippen molar-refractivity contribution in [3.63, 3.8) is 0 Å². The maximum atomic E-state index is 11.0. The molecule has 1 fully saturated rings. The first-order valence-electron chi connectivity index (χ1n) is 6.30. The van der Waals surface area contributed by atoms with Crippen molar-refractivity contribution in [1.82, 2.24) is 0 Å². The summed E-state index contributed by atoms with van der Waals surface area (Å²) in [7, 11) is 0. The van der Waals surface area contributed by atoms with E-state index in [1.807, 2.05) is 11.8 Å². The number of anilines is 1. The van der Waals surface area contributed by atoms with E-state index in [2.05, 4.69) is 5.32 Å². The second-order valence-electron chi connectivity index (χ2n) is 4.52. The summed E-state index contributed by atoms with van der Waals surface area (Å²) in [6.07, 6.45) is 4.26. The number of benzene rings is 1. The van der Waals surface area contributed by atoms with Gasteiger partial charge in [-0.05, 0) is 30.7 Å². The SMILES string of the molecule is O=Cc1ccc(NCC2CCCCS2)c([N+](=O)[O-])c1. The monoisotopic (exact) mass is 280 g/mol. The zero-order chi connectivity index (χ0) is 13.7. The molecule has 19 heavy (non-hydrogen) atoms. The lowest BCUT2D eigenvalue weighted by atomic mass is 10.1. The van der Waals surface area contributed by atoms with Gasteiger partial charge in [0.15, 0.2) is 0 Å². The first-order valence-corrected chi connectivity index (χ1v) is 7.34. The summed E-state index contributed by atoms with van der Waals surface area (Å²) < 4.78 is 0. The van der Waals surface area contributed by atoms with Gasteiger partial charge in [-0.2, -0.15) is 11.8 Å². The molecule has 0 aromatic heterocycles. The topological polar surface area (TPSA) is 72.2 Å². The fraction of sp³-hybridized carbons (Fsp3) is 0.462. The summed E-state index contributed by atoms with van der Waals surface area (Å²) in [5.41, 5.74) is 0.775. The fourth-order valence-electron chi connectivity index (χ4n) is 2.11. The van der Waals surface area contributed by atoms with E-state index in [1.54, 1.807) is 12.1 Å². The first kappa shape index (κ1) is 13.9. The van der Waals surface area contributed by atoms with Gasteiger partial charge in [-0.1, -0.05) is 6.42 Å². The number of thioether (sulfide) groups is 1. The lowest BCUT2D eigenvalue weighted by Gasteiger charge is -2.21. The molecule has 1 unspecified atom stereocenters. The van der Waals surface area contributed by atoms with Crippen LogP contribution in [0.3, 0.4) is 0 Å². The molecule has 1 heterocycles. The quantitative estimate of drug-likeness (QED) is 0.509. The molecule has 0 spiro atoms.